The van der Waals surface area contributed by atoms with E-state index < -0.39 is 0 Å². The van der Waals surface area contributed by atoms with Gasteiger partial charge in [0.15, 0.2) is 0 Å². The first kappa shape index (κ1) is 26.5. The molecule has 34 heavy (non-hydrogen) atoms. The van der Waals surface area contributed by atoms with Crippen molar-refractivity contribution in [2.75, 3.05) is 0 Å². The normalized spacial score (nSPS) is 42.6. The molecule has 0 radical (unpaired) electrons. The highest BCUT2D eigenvalue weighted by atomic mass is 16.5. The molecule has 0 aromatic carbocycles. The summed E-state index contributed by atoms with van der Waals surface area (Å²) in [6, 6.07) is 0. The zero-order valence-electron chi connectivity index (χ0n) is 23.2. The molecule has 0 aromatic rings. The molecular weight excluding hydrogens is 418 g/mol. The molecule has 4 aliphatic rings. The molecule has 0 aliphatic heterocycles. The van der Waals surface area contributed by atoms with E-state index in [4.69, 9.17) is 10.5 Å². The van der Waals surface area contributed by atoms with Crippen molar-refractivity contribution in [2.45, 2.75) is 149 Å². The number of esters is 1. The van der Waals surface area contributed by atoms with Gasteiger partial charge in [-0.15, -0.1) is 0 Å². The van der Waals surface area contributed by atoms with Gasteiger partial charge < -0.3 is 10.5 Å². The van der Waals surface area contributed by atoms with Crippen LogP contribution < -0.4 is 5.73 Å². The molecule has 4 fully saturated rings. The summed E-state index contributed by atoms with van der Waals surface area (Å²) in [7, 11) is 0. The zero-order chi connectivity index (χ0) is 24.6. The Morgan fingerprint density at radius 2 is 1.71 bits per heavy atom. The summed E-state index contributed by atoms with van der Waals surface area (Å²) in [5.74, 6) is 3.93. The van der Waals surface area contributed by atoms with E-state index in [1.54, 1.807) is 6.92 Å². The summed E-state index contributed by atoms with van der Waals surface area (Å²) in [5, 5.41) is 0. The van der Waals surface area contributed by atoms with Crippen LogP contribution >= 0.6 is 0 Å². The van der Waals surface area contributed by atoms with Crippen LogP contribution in [0.2, 0.25) is 0 Å². The number of carbonyl (C=O) groups is 1. The van der Waals surface area contributed by atoms with Crippen molar-refractivity contribution >= 4 is 5.97 Å². The van der Waals surface area contributed by atoms with E-state index in [0.29, 0.717) is 17.3 Å². The monoisotopic (exact) mass is 473 g/mol. The van der Waals surface area contributed by atoms with Gasteiger partial charge in [0.2, 0.25) is 0 Å². The predicted molar refractivity (Wildman–Crippen MR) is 141 cm³/mol. The first-order chi connectivity index (χ1) is 16.1. The van der Waals surface area contributed by atoms with Gasteiger partial charge in [0, 0.05) is 12.5 Å². The molecule has 3 nitrogen and oxygen atoms in total. The van der Waals surface area contributed by atoms with Gasteiger partial charge in [-0.1, -0.05) is 72.6 Å². The van der Waals surface area contributed by atoms with Gasteiger partial charge in [0.25, 0.3) is 0 Å². The first-order valence-corrected chi connectivity index (χ1v) is 15.0. The number of ether oxygens (including phenoxy) is 1. The van der Waals surface area contributed by atoms with Crippen molar-refractivity contribution in [3.8, 4) is 0 Å². The lowest BCUT2D eigenvalue weighted by Crippen LogP contribution is -2.63. The van der Waals surface area contributed by atoms with Crippen molar-refractivity contribution in [1.82, 2.24) is 0 Å². The number of unbranched alkanes of at least 4 members (excludes halogenated alkanes) is 1. The van der Waals surface area contributed by atoms with Crippen molar-refractivity contribution in [1.29, 1.82) is 0 Å². The number of nitrogens with two attached hydrogens (primary N) is 1. The Hall–Kier alpha value is -0.570. The van der Waals surface area contributed by atoms with E-state index in [0.717, 1.165) is 30.6 Å². The summed E-state index contributed by atoms with van der Waals surface area (Å²) in [5.41, 5.74) is 8.12. The van der Waals surface area contributed by atoms with Crippen LogP contribution in [0.5, 0.6) is 0 Å². The fraction of sp³-hybridized carbons (Fsp3) is 0.968. The Bertz CT molecular complexity index is 702. The Balaban J connectivity index is 1.47. The van der Waals surface area contributed by atoms with E-state index in [9.17, 15) is 4.79 Å². The quantitative estimate of drug-likeness (QED) is 0.258. The smallest absolute Gasteiger partial charge is 0.302 e. The van der Waals surface area contributed by atoms with E-state index in [2.05, 4.69) is 27.7 Å². The number of carbonyl (C=O) groups excluding carboxylic acids is 1. The molecule has 4 rings (SSSR count). The maximum absolute atomic E-state index is 11.6. The van der Waals surface area contributed by atoms with E-state index in [-0.39, 0.29) is 23.0 Å². The highest BCUT2D eigenvalue weighted by Gasteiger charge is 2.62. The predicted octanol–water partition coefficient (Wildman–Crippen LogP) is 8.05. The lowest BCUT2D eigenvalue weighted by molar-refractivity contribution is -0.163. The molecule has 4 saturated carbocycles. The van der Waals surface area contributed by atoms with Crippen LogP contribution in [-0.2, 0) is 9.53 Å². The van der Waals surface area contributed by atoms with Gasteiger partial charge >= 0.3 is 5.97 Å². The van der Waals surface area contributed by atoms with Crippen molar-refractivity contribution in [2.24, 2.45) is 46.2 Å². The van der Waals surface area contributed by atoms with Crippen LogP contribution in [0, 0.1) is 40.4 Å². The maximum Gasteiger partial charge on any atom is 0.302 e. The van der Waals surface area contributed by atoms with E-state index >= 15 is 0 Å². The fourth-order valence-electron chi connectivity index (χ4n) is 8.99. The van der Waals surface area contributed by atoms with Crippen LogP contribution in [0.1, 0.15) is 137 Å². The third-order valence-corrected chi connectivity index (χ3v) is 11.4. The topological polar surface area (TPSA) is 52.3 Å². The molecule has 0 saturated heterocycles. The van der Waals surface area contributed by atoms with Gasteiger partial charge in [0.1, 0.15) is 6.10 Å². The van der Waals surface area contributed by atoms with E-state index in [1.807, 2.05) is 0 Å². The SMILES string of the molecule is CC(=O)O[C@H]1CC[C@@]2(C)C(CC[C@@](C)(C3(N)CC[C@H](CCCCC(C)C)C3)[C@@H]2CCC2CC2)C1. The Morgan fingerprint density at radius 3 is 2.38 bits per heavy atom. The minimum atomic E-state index is -0.106. The Kier molecular flexibility index (Phi) is 8.12. The second kappa shape index (κ2) is 10.4. The molecule has 4 aliphatic carbocycles. The van der Waals surface area contributed by atoms with Gasteiger partial charge in [0.05, 0.1) is 0 Å². The molecule has 196 valence electrons. The van der Waals surface area contributed by atoms with Crippen LogP contribution in [0.4, 0.5) is 0 Å². The van der Waals surface area contributed by atoms with Gasteiger partial charge in [-0.25, -0.2) is 0 Å². The molecule has 0 amide bonds. The van der Waals surface area contributed by atoms with Crippen molar-refractivity contribution < 1.29 is 9.53 Å². The van der Waals surface area contributed by atoms with Gasteiger partial charge in [-0.2, -0.15) is 0 Å². The average molecular weight is 474 g/mol. The molecule has 3 heteroatoms. The standard InChI is InChI=1S/C31H55NO2/c1-22(2)8-6-7-9-25-14-19-31(32,21-25)30(5)18-15-26-20-27(34-23(3)33)16-17-29(26,4)28(30)13-12-24-10-11-24/h22,24-28H,6-21,32H2,1-5H3/t25-,26?,27-,28+,29-,30+,31?/m0/s1. The minimum Gasteiger partial charge on any atom is -0.463 e. The third kappa shape index (κ3) is 5.55. The molecule has 0 heterocycles. The average Bonchev–Trinajstić information content (AvgIpc) is 3.51. The van der Waals surface area contributed by atoms with Crippen molar-refractivity contribution in [3.63, 3.8) is 0 Å². The minimum absolute atomic E-state index is 0.00461. The Morgan fingerprint density at radius 1 is 0.941 bits per heavy atom. The molecule has 2 N–H and O–H groups in total. The largest absolute Gasteiger partial charge is 0.463 e. The highest BCUT2D eigenvalue weighted by Crippen LogP contribution is 2.66. The highest BCUT2D eigenvalue weighted by molar-refractivity contribution is 5.66. The molecule has 0 spiro atoms. The summed E-state index contributed by atoms with van der Waals surface area (Å²) in [6.07, 6.45) is 21.0. The zero-order valence-corrected chi connectivity index (χ0v) is 23.2. The molecule has 0 bridgehead atoms. The summed E-state index contributed by atoms with van der Waals surface area (Å²) < 4.78 is 5.71. The first-order valence-electron chi connectivity index (χ1n) is 15.0. The summed E-state index contributed by atoms with van der Waals surface area (Å²) in [6.45, 7) is 11.5. The second-order valence-electron chi connectivity index (χ2n) is 14.2. The summed E-state index contributed by atoms with van der Waals surface area (Å²) in [4.78, 5) is 11.6. The number of rotatable bonds is 10. The third-order valence-electron chi connectivity index (χ3n) is 11.4. The van der Waals surface area contributed by atoms with Crippen molar-refractivity contribution in [3.05, 3.63) is 0 Å². The Labute approximate surface area is 210 Å². The number of hydrogen-bond donors (Lipinski definition) is 1. The molecular formula is C31H55NO2. The number of hydrogen-bond acceptors (Lipinski definition) is 3. The molecule has 0 aromatic heterocycles. The molecule has 2 unspecified atom stereocenters. The van der Waals surface area contributed by atoms with Crippen LogP contribution in [-0.4, -0.2) is 17.6 Å². The fourth-order valence-corrected chi connectivity index (χ4v) is 8.99. The lowest BCUT2D eigenvalue weighted by atomic mass is 9.43. The summed E-state index contributed by atoms with van der Waals surface area (Å²) >= 11 is 0. The van der Waals surface area contributed by atoms with Gasteiger partial charge in [-0.05, 0) is 98.2 Å². The number of fused-ring (bicyclic) bond motifs is 1. The van der Waals surface area contributed by atoms with Gasteiger partial charge in [-0.3, -0.25) is 4.79 Å². The lowest BCUT2D eigenvalue weighted by Gasteiger charge is -2.63. The second-order valence-corrected chi connectivity index (χ2v) is 14.2. The van der Waals surface area contributed by atoms with E-state index in [1.165, 1.54) is 89.9 Å². The van der Waals surface area contributed by atoms with Crippen LogP contribution in [0.15, 0.2) is 0 Å². The molecule has 7 atom stereocenters. The van der Waals surface area contributed by atoms with Crippen LogP contribution in [0.3, 0.4) is 0 Å². The van der Waals surface area contributed by atoms with Crippen LogP contribution in [0.25, 0.3) is 0 Å². The maximum atomic E-state index is 11.6.